The van der Waals surface area contributed by atoms with Crippen LogP contribution < -0.4 is 25.0 Å². The lowest BCUT2D eigenvalue weighted by atomic mass is 10.1. The van der Waals surface area contributed by atoms with Gasteiger partial charge < -0.3 is 30.1 Å². The van der Waals surface area contributed by atoms with E-state index in [-0.39, 0.29) is 6.54 Å². The van der Waals surface area contributed by atoms with Crippen LogP contribution in [-0.2, 0) is 0 Å². The Labute approximate surface area is 185 Å². The first-order chi connectivity index (χ1) is 15.0. The number of anilines is 1. The number of nitrogens with one attached hydrogen (secondary N) is 2. The molecule has 0 spiro atoms. The van der Waals surface area contributed by atoms with Crippen LogP contribution in [0.5, 0.6) is 11.5 Å². The molecule has 1 saturated heterocycles. The minimum Gasteiger partial charge on any atom is -0.497 e. The second kappa shape index (κ2) is 10.9. The molecule has 0 saturated carbocycles. The number of hydrogen-bond acceptors (Lipinski definition) is 5. The Hall–Kier alpha value is -2.93. The third-order valence-corrected chi connectivity index (χ3v) is 5.49. The van der Waals surface area contributed by atoms with E-state index in [1.165, 1.54) is 11.3 Å². The highest BCUT2D eigenvalue weighted by molar-refractivity contribution is 5.80. The summed E-state index contributed by atoms with van der Waals surface area (Å²) >= 11 is 0. The quantitative estimate of drug-likeness (QED) is 0.445. The van der Waals surface area contributed by atoms with Gasteiger partial charge in [-0.05, 0) is 50.6 Å². The van der Waals surface area contributed by atoms with Gasteiger partial charge in [0.1, 0.15) is 17.6 Å². The molecule has 3 rings (SSSR count). The van der Waals surface area contributed by atoms with Gasteiger partial charge in [0.25, 0.3) is 0 Å². The second-order valence-corrected chi connectivity index (χ2v) is 7.75. The van der Waals surface area contributed by atoms with Crippen LogP contribution in [0.3, 0.4) is 0 Å². The number of aliphatic hydroxyl groups is 1. The monoisotopic (exact) mass is 426 g/mol. The molecule has 0 radical (unpaired) electrons. The van der Waals surface area contributed by atoms with Gasteiger partial charge in [-0.15, -0.1) is 0 Å². The van der Waals surface area contributed by atoms with Crippen molar-refractivity contribution in [2.45, 2.75) is 32.4 Å². The molecule has 1 fully saturated rings. The summed E-state index contributed by atoms with van der Waals surface area (Å²) in [5.74, 6) is 2.00. The first-order valence-electron chi connectivity index (χ1n) is 10.8. The van der Waals surface area contributed by atoms with E-state index in [1.807, 2.05) is 13.0 Å². The van der Waals surface area contributed by atoms with Crippen LogP contribution in [0.1, 0.15) is 30.6 Å². The molecule has 2 aromatic carbocycles. The van der Waals surface area contributed by atoms with Gasteiger partial charge in [0, 0.05) is 36.9 Å². The largest absolute Gasteiger partial charge is 0.497 e. The van der Waals surface area contributed by atoms with Gasteiger partial charge >= 0.3 is 0 Å². The van der Waals surface area contributed by atoms with Crippen molar-refractivity contribution < 1.29 is 14.6 Å². The molecule has 31 heavy (non-hydrogen) atoms. The predicted molar refractivity (Wildman–Crippen MR) is 125 cm³/mol. The fourth-order valence-electron chi connectivity index (χ4n) is 3.76. The lowest BCUT2D eigenvalue weighted by molar-refractivity contribution is 0.182. The highest BCUT2D eigenvalue weighted by Gasteiger charge is 2.23. The van der Waals surface area contributed by atoms with Gasteiger partial charge in [-0.25, -0.2) is 0 Å². The average molecular weight is 427 g/mol. The third kappa shape index (κ3) is 6.04. The number of nitrogens with zero attached hydrogens (tertiary/aromatic N) is 2. The zero-order valence-corrected chi connectivity index (χ0v) is 18.9. The SMILES string of the molecule is CCNC(=NCC(O)c1cc(OC)ccc1OC)NC1CCN(c2ccc(C)cc2)C1. The lowest BCUT2D eigenvalue weighted by Crippen LogP contribution is -2.44. The van der Waals surface area contributed by atoms with Crippen LogP contribution in [0, 0.1) is 6.92 Å². The molecule has 2 atom stereocenters. The van der Waals surface area contributed by atoms with E-state index in [9.17, 15) is 5.11 Å². The predicted octanol–water partition coefficient (Wildman–Crippen LogP) is 2.88. The molecule has 0 bridgehead atoms. The highest BCUT2D eigenvalue weighted by atomic mass is 16.5. The van der Waals surface area contributed by atoms with Gasteiger partial charge in [0.05, 0.1) is 20.8 Å². The first kappa shape index (κ1) is 22.7. The number of aryl methyl sites for hydroxylation is 1. The van der Waals surface area contributed by atoms with E-state index in [1.54, 1.807) is 26.4 Å². The van der Waals surface area contributed by atoms with Crippen LogP contribution in [0.4, 0.5) is 5.69 Å². The van der Waals surface area contributed by atoms with Crippen molar-refractivity contribution in [3.05, 3.63) is 53.6 Å². The number of aliphatic imine (C=N–C) groups is 1. The van der Waals surface area contributed by atoms with E-state index in [0.29, 0.717) is 29.1 Å². The zero-order chi connectivity index (χ0) is 22.2. The van der Waals surface area contributed by atoms with Crippen molar-refractivity contribution in [3.63, 3.8) is 0 Å². The normalized spacial score (nSPS) is 17.4. The van der Waals surface area contributed by atoms with Crippen molar-refractivity contribution in [3.8, 4) is 11.5 Å². The van der Waals surface area contributed by atoms with Crippen molar-refractivity contribution in [2.24, 2.45) is 4.99 Å². The minimum absolute atomic E-state index is 0.216. The number of methoxy groups -OCH3 is 2. The summed E-state index contributed by atoms with van der Waals surface area (Å²) < 4.78 is 10.7. The molecule has 1 heterocycles. The summed E-state index contributed by atoms with van der Waals surface area (Å²) in [5.41, 5.74) is 3.18. The summed E-state index contributed by atoms with van der Waals surface area (Å²) in [6.45, 7) is 7.02. The third-order valence-electron chi connectivity index (χ3n) is 5.49. The topological polar surface area (TPSA) is 78.4 Å². The maximum absolute atomic E-state index is 10.7. The minimum atomic E-state index is -0.798. The number of hydrogen-bond donors (Lipinski definition) is 3. The van der Waals surface area contributed by atoms with Crippen LogP contribution in [0.25, 0.3) is 0 Å². The molecule has 1 aliphatic heterocycles. The standard InChI is InChI=1S/C24H34N4O3/c1-5-25-24(26-15-22(29)21-14-20(30-3)10-11-23(21)31-4)27-18-12-13-28(16-18)19-8-6-17(2)7-9-19/h6-11,14,18,22,29H,5,12-13,15-16H2,1-4H3,(H2,25,26,27). The average Bonchev–Trinajstić information content (AvgIpc) is 3.25. The van der Waals surface area contributed by atoms with Crippen molar-refractivity contribution in [1.29, 1.82) is 0 Å². The number of guanidine groups is 1. The second-order valence-electron chi connectivity index (χ2n) is 7.75. The number of rotatable bonds is 8. The van der Waals surface area contributed by atoms with Crippen LogP contribution >= 0.6 is 0 Å². The molecular weight excluding hydrogens is 392 g/mol. The molecule has 1 aliphatic rings. The number of ether oxygens (including phenoxy) is 2. The van der Waals surface area contributed by atoms with Gasteiger partial charge in [0.15, 0.2) is 5.96 Å². The van der Waals surface area contributed by atoms with Gasteiger partial charge in [-0.2, -0.15) is 0 Å². The Morgan fingerprint density at radius 1 is 1.19 bits per heavy atom. The number of aliphatic hydroxyl groups excluding tert-OH is 1. The van der Waals surface area contributed by atoms with Crippen molar-refractivity contribution in [1.82, 2.24) is 10.6 Å². The molecule has 3 N–H and O–H groups in total. The molecule has 0 amide bonds. The van der Waals surface area contributed by atoms with Gasteiger partial charge in [-0.1, -0.05) is 17.7 Å². The molecule has 0 aliphatic carbocycles. The molecule has 168 valence electrons. The fourth-order valence-corrected chi connectivity index (χ4v) is 3.76. The maximum Gasteiger partial charge on any atom is 0.191 e. The number of benzene rings is 2. The lowest BCUT2D eigenvalue weighted by Gasteiger charge is -2.21. The van der Waals surface area contributed by atoms with E-state index >= 15 is 0 Å². The Morgan fingerprint density at radius 2 is 1.97 bits per heavy atom. The first-order valence-corrected chi connectivity index (χ1v) is 10.8. The van der Waals surface area contributed by atoms with Crippen molar-refractivity contribution >= 4 is 11.6 Å². The molecule has 2 unspecified atom stereocenters. The molecule has 2 aromatic rings. The molecule has 7 heteroatoms. The smallest absolute Gasteiger partial charge is 0.191 e. The van der Waals surface area contributed by atoms with Crippen LogP contribution in [0.15, 0.2) is 47.5 Å². The van der Waals surface area contributed by atoms with E-state index in [2.05, 4.69) is 51.7 Å². The highest BCUT2D eigenvalue weighted by Crippen LogP contribution is 2.29. The Morgan fingerprint density at radius 3 is 2.65 bits per heavy atom. The summed E-state index contributed by atoms with van der Waals surface area (Å²) in [4.78, 5) is 7.01. The van der Waals surface area contributed by atoms with Gasteiger partial charge in [-0.3, -0.25) is 4.99 Å². The molecule has 0 aromatic heterocycles. The van der Waals surface area contributed by atoms with E-state index < -0.39 is 6.10 Å². The Bertz CT molecular complexity index is 870. The summed E-state index contributed by atoms with van der Waals surface area (Å²) in [7, 11) is 3.19. The Kier molecular flexibility index (Phi) is 8.00. The molecular formula is C24H34N4O3. The van der Waals surface area contributed by atoms with Crippen molar-refractivity contribution in [2.75, 3.05) is 45.3 Å². The Balaban J connectivity index is 1.63. The van der Waals surface area contributed by atoms with Gasteiger partial charge in [0.2, 0.25) is 0 Å². The maximum atomic E-state index is 10.7. The van der Waals surface area contributed by atoms with Crippen LogP contribution in [-0.4, -0.2) is 57.5 Å². The summed E-state index contributed by atoms with van der Waals surface area (Å²) in [6, 6.07) is 14.3. The summed E-state index contributed by atoms with van der Waals surface area (Å²) in [6.07, 6.45) is 0.234. The fraction of sp³-hybridized carbons (Fsp3) is 0.458. The van der Waals surface area contributed by atoms with E-state index in [0.717, 1.165) is 26.1 Å². The molecule has 7 nitrogen and oxygen atoms in total. The zero-order valence-electron chi connectivity index (χ0n) is 18.9. The van der Waals surface area contributed by atoms with Crippen LogP contribution in [0.2, 0.25) is 0 Å². The van der Waals surface area contributed by atoms with E-state index in [4.69, 9.17) is 9.47 Å². The summed E-state index contributed by atoms with van der Waals surface area (Å²) in [5, 5.41) is 17.5.